The number of nitrogens with one attached hydrogen (secondary N) is 1. The van der Waals surface area contributed by atoms with Gasteiger partial charge in [0.2, 0.25) is 5.91 Å². The first-order valence-corrected chi connectivity index (χ1v) is 8.17. The minimum Gasteiger partial charge on any atom is -0.353 e. The van der Waals surface area contributed by atoms with Crippen molar-refractivity contribution in [2.75, 3.05) is 5.75 Å². The second kappa shape index (κ2) is 5.93. The molecule has 0 spiro atoms. The summed E-state index contributed by atoms with van der Waals surface area (Å²) >= 11 is 1.57. The first-order chi connectivity index (χ1) is 10.1. The standard InChI is InChI=1S/C16H19N3OS/c1-11-16(21-10-15(20)17-13-8-9-13)12(2)19(18-11)14-6-4-3-5-7-14/h3-7,13H,8-10H2,1-2H3,(H,17,20). The number of para-hydroxylation sites is 1. The van der Waals surface area contributed by atoms with E-state index >= 15 is 0 Å². The van der Waals surface area contributed by atoms with E-state index in [0.717, 1.165) is 34.8 Å². The molecule has 1 amide bonds. The molecule has 1 heterocycles. The Labute approximate surface area is 128 Å². The van der Waals surface area contributed by atoms with Crippen LogP contribution in [0.5, 0.6) is 0 Å². The van der Waals surface area contributed by atoms with Crippen LogP contribution in [0.1, 0.15) is 24.2 Å². The first-order valence-electron chi connectivity index (χ1n) is 7.19. The second-order valence-electron chi connectivity index (χ2n) is 5.38. The van der Waals surface area contributed by atoms with Gasteiger partial charge in [0.25, 0.3) is 0 Å². The monoisotopic (exact) mass is 301 g/mol. The zero-order chi connectivity index (χ0) is 14.8. The maximum atomic E-state index is 11.8. The molecule has 1 aliphatic carbocycles. The van der Waals surface area contributed by atoms with Gasteiger partial charge in [0.1, 0.15) is 0 Å². The number of hydrogen-bond donors (Lipinski definition) is 1. The molecular formula is C16H19N3OS. The highest BCUT2D eigenvalue weighted by Gasteiger charge is 2.23. The van der Waals surface area contributed by atoms with Crippen molar-refractivity contribution in [3.8, 4) is 5.69 Å². The van der Waals surface area contributed by atoms with E-state index in [1.54, 1.807) is 11.8 Å². The lowest BCUT2D eigenvalue weighted by Gasteiger charge is -2.05. The lowest BCUT2D eigenvalue weighted by Crippen LogP contribution is -2.27. The number of rotatable bonds is 5. The molecule has 1 N–H and O–H groups in total. The number of nitrogens with zero attached hydrogens (tertiary/aromatic N) is 2. The van der Waals surface area contributed by atoms with Gasteiger partial charge in [-0.05, 0) is 38.8 Å². The largest absolute Gasteiger partial charge is 0.353 e. The number of aromatic nitrogens is 2. The average molecular weight is 301 g/mol. The van der Waals surface area contributed by atoms with Crippen molar-refractivity contribution in [1.82, 2.24) is 15.1 Å². The number of carbonyl (C=O) groups is 1. The van der Waals surface area contributed by atoms with Gasteiger partial charge in [0.05, 0.1) is 27.7 Å². The lowest BCUT2D eigenvalue weighted by molar-refractivity contribution is -0.118. The van der Waals surface area contributed by atoms with E-state index in [0.29, 0.717) is 11.8 Å². The highest BCUT2D eigenvalue weighted by Crippen LogP contribution is 2.28. The SMILES string of the molecule is Cc1nn(-c2ccccc2)c(C)c1SCC(=O)NC1CC1. The van der Waals surface area contributed by atoms with Crippen LogP contribution in [0.25, 0.3) is 5.69 Å². The Kier molecular flexibility index (Phi) is 4.01. The molecule has 1 aromatic carbocycles. The maximum absolute atomic E-state index is 11.8. The minimum atomic E-state index is 0.119. The van der Waals surface area contributed by atoms with Crippen LogP contribution < -0.4 is 5.32 Å². The molecular weight excluding hydrogens is 282 g/mol. The van der Waals surface area contributed by atoms with Crippen LogP contribution in [0.3, 0.4) is 0 Å². The Morgan fingerprint density at radius 2 is 2.05 bits per heavy atom. The van der Waals surface area contributed by atoms with Gasteiger partial charge in [-0.3, -0.25) is 4.79 Å². The quantitative estimate of drug-likeness (QED) is 0.864. The van der Waals surface area contributed by atoms with Gasteiger partial charge < -0.3 is 5.32 Å². The summed E-state index contributed by atoms with van der Waals surface area (Å²) in [6.45, 7) is 4.04. The maximum Gasteiger partial charge on any atom is 0.230 e. The summed E-state index contributed by atoms with van der Waals surface area (Å²) in [6.07, 6.45) is 2.25. The van der Waals surface area contributed by atoms with Gasteiger partial charge in [0.15, 0.2) is 0 Å². The van der Waals surface area contributed by atoms with Gasteiger partial charge >= 0.3 is 0 Å². The molecule has 1 aliphatic rings. The van der Waals surface area contributed by atoms with Crippen LogP contribution in [0.15, 0.2) is 35.2 Å². The van der Waals surface area contributed by atoms with Crippen LogP contribution in [0.4, 0.5) is 0 Å². The Bertz CT molecular complexity index is 647. The van der Waals surface area contributed by atoms with Crippen molar-refractivity contribution in [2.45, 2.75) is 37.6 Å². The third kappa shape index (κ3) is 3.29. The number of carbonyl (C=O) groups excluding carboxylic acids is 1. The third-order valence-corrected chi connectivity index (χ3v) is 4.80. The van der Waals surface area contributed by atoms with Crippen LogP contribution in [0, 0.1) is 13.8 Å². The van der Waals surface area contributed by atoms with Crippen molar-refractivity contribution in [3.05, 3.63) is 41.7 Å². The zero-order valence-electron chi connectivity index (χ0n) is 12.3. The molecule has 21 heavy (non-hydrogen) atoms. The number of amides is 1. The number of aryl methyl sites for hydroxylation is 1. The predicted octanol–water partition coefficient (Wildman–Crippen LogP) is 2.86. The molecule has 0 aliphatic heterocycles. The average Bonchev–Trinajstić information content (AvgIpc) is 3.24. The molecule has 2 aromatic rings. The van der Waals surface area contributed by atoms with E-state index in [4.69, 9.17) is 0 Å². The van der Waals surface area contributed by atoms with E-state index in [9.17, 15) is 4.79 Å². The van der Waals surface area contributed by atoms with Crippen molar-refractivity contribution >= 4 is 17.7 Å². The van der Waals surface area contributed by atoms with E-state index in [2.05, 4.69) is 10.4 Å². The van der Waals surface area contributed by atoms with Crippen molar-refractivity contribution in [1.29, 1.82) is 0 Å². The summed E-state index contributed by atoms with van der Waals surface area (Å²) in [5.74, 6) is 0.576. The molecule has 0 saturated heterocycles. The molecule has 0 unspecified atom stereocenters. The summed E-state index contributed by atoms with van der Waals surface area (Å²) in [5.41, 5.74) is 3.11. The van der Waals surface area contributed by atoms with Crippen LogP contribution in [-0.2, 0) is 4.79 Å². The molecule has 1 aromatic heterocycles. The van der Waals surface area contributed by atoms with Crippen molar-refractivity contribution < 1.29 is 4.79 Å². The normalized spacial score (nSPS) is 14.2. The van der Waals surface area contributed by atoms with Crippen LogP contribution in [-0.4, -0.2) is 27.5 Å². The topological polar surface area (TPSA) is 46.9 Å². The fourth-order valence-electron chi connectivity index (χ4n) is 2.29. The zero-order valence-corrected chi connectivity index (χ0v) is 13.1. The number of benzene rings is 1. The Balaban J connectivity index is 1.73. The second-order valence-corrected chi connectivity index (χ2v) is 6.36. The lowest BCUT2D eigenvalue weighted by atomic mass is 10.3. The highest BCUT2D eigenvalue weighted by molar-refractivity contribution is 8.00. The number of hydrogen-bond acceptors (Lipinski definition) is 3. The van der Waals surface area contributed by atoms with Crippen LogP contribution >= 0.6 is 11.8 Å². The van der Waals surface area contributed by atoms with Gasteiger partial charge in [-0.2, -0.15) is 5.10 Å². The summed E-state index contributed by atoms with van der Waals surface area (Å²) < 4.78 is 1.94. The summed E-state index contributed by atoms with van der Waals surface area (Å²) in [7, 11) is 0. The van der Waals surface area contributed by atoms with Crippen molar-refractivity contribution in [3.63, 3.8) is 0 Å². The summed E-state index contributed by atoms with van der Waals surface area (Å²) in [4.78, 5) is 12.9. The Morgan fingerprint density at radius 3 is 2.71 bits per heavy atom. The molecule has 5 heteroatoms. The molecule has 0 radical (unpaired) electrons. The molecule has 3 rings (SSSR count). The van der Waals surface area contributed by atoms with Crippen LogP contribution in [0.2, 0.25) is 0 Å². The predicted molar refractivity (Wildman–Crippen MR) is 84.9 cm³/mol. The third-order valence-electron chi connectivity index (χ3n) is 3.52. The highest BCUT2D eigenvalue weighted by atomic mass is 32.2. The molecule has 1 saturated carbocycles. The molecule has 1 fully saturated rings. The molecule has 0 atom stereocenters. The van der Waals surface area contributed by atoms with E-state index < -0.39 is 0 Å². The fraction of sp³-hybridized carbons (Fsp3) is 0.375. The summed E-state index contributed by atoms with van der Waals surface area (Å²) in [6, 6.07) is 10.5. The minimum absolute atomic E-state index is 0.119. The van der Waals surface area contributed by atoms with Gasteiger partial charge in [-0.25, -0.2) is 4.68 Å². The van der Waals surface area contributed by atoms with E-state index in [1.807, 2.05) is 48.9 Å². The van der Waals surface area contributed by atoms with Gasteiger partial charge in [0, 0.05) is 6.04 Å². The Hall–Kier alpha value is -1.75. The molecule has 4 nitrogen and oxygen atoms in total. The summed E-state index contributed by atoms with van der Waals surface area (Å²) in [5, 5.41) is 7.61. The fourth-order valence-corrected chi connectivity index (χ4v) is 3.20. The molecule has 110 valence electrons. The number of thioether (sulfide) groups is 1. The molecule has 0 bridgehead atoms. The smallest absolute Gasteiger partial charge is 0.230 e. The van der Waals surface area contributed by atoms with Gasteiger partial charge in [-0.1, -0.05) is 18.2 Å². The Morgan fingerprint density at radius 1 is 1.33 bits per heavy atom. The van der Waals surface area contributed by atoms with E-state index in [1.165, 1.54) is 0 Å². The van der Waals surface area contributed by atoms with Gasteiger partial charge in [-0.15, -0.1) is 11.8 Å². The first kappa shape index (κ1) is 14.2. The van der Waals surface area contributed by atoms with Crippen molar-refractivity contribution in [2.24, 2.45) is 0 Å². The van der Waals surface area contributed by atoms with E-state index in [-0.39, 0.29) is 5.91 Å².